The zero-order valence-corrected chi connectivity index (χ0v) is 19.0. The van der Waals surface area contributed by atoms with Gasteiger partial charge in [-0.15, -0.1) is 0 Å². The molecule has 1 heterocycles. The van der Waals surface area contributed by atoms with Crippen molar-refractivity contribution in [1.29, 1.82) is 0 Å². The number of halogens is 1. The Balaban J connectivity index is 1.83. The van der Waals surface area contributed by atoms with Crippen LogP contribution < -0.4 is 16.6 Å². The fourth-order valence-corrected chi connectivity index (χ4v) is 3.22. The van der Waals surface area contributed by atoms with Crippen molar-refractivity contribution in [3.05, 3.63) is 103 Å². The van der Waals surface area contributed by atoms with Crippen molar-refractivity contribution in [2.24, 2.45) is 14.1 Å². The van der Waals surface area contributed by atoms with Gasteiger partial charge in [0.2, 0.25) is 6.10 Å². The molecule has 3 rings (SSSR count). The molecule has 0 aliphatic rings. The Morgan fingerprint density at radius 3 is 2.45 bits per heavy atom. The minimum absolute atomic E-state index is 0.117. The van der Waals surface area contributed by atoms with Crippen molar-refractivity contribution in [3.8, 4) is 0 Å². The van der Waals surface area contributed by atoms with Gasteiger partial charge >= 0.3 is 11.7 Å². The average Bonchev–Trinajstić information content (AvgIpc) is 2.80. The maximum absolute atomic E-state index is 13.0. The van der Waals surface area contributed by atoms with E-state index in [4.69, 9.17) is 16.3 Å². The second-order valence-electron chi connectivity index (χ2n) is 7.36. The summed E-state index contributed by atoms with van der Waals surface area (Å²) in [6.07, 6.45) is 2.35. The number of carbonyl (C=O) groups excluding carboxylic acids is 2. The summed E-state index contributed by atoms with van der Waals surface area (Å²) < 4.78 is 7.57. The lowest BCUT2D eigenvalue weighted by molar-refractivity contribution is -0.149. The molecule has 1 amide bonds. The Bertz CT molecular complexity index is 1340. The van der Waals surface area contributed by atoms with Crippen LogP contribution in [0.25, 0.3) is 6.08 Å². The monoisotopic (exact) mass is 467 g/mol. The molecule has 0 aliphatic carbocycles. The number of ether oxygens (including phenoxy) is 1. The van der Waals surface area contributed by atoms with Gasteiger partial charge in [-0.1, -0.05) is 48.0 Å². The van der Waals surface area contributed by atoms with Gasteiger partial charge in [0.15, 0.2) is 0 Å². The second-order valence-corrected chi connectivity index (χ2v) is 7.76. The third-order valence-corrected chi connectivity index (χ3v) is 5.29. The predicted molar refractivity (Wildman–Crippen MR) is 126 cm³/mol. The van der Waals surface area contributed by atoms with Gasteiger partial charge in [0.05, 0.1) is 5.56 Å². The van der Waals surface area contributed by atoms with E-state index in [1.165, 1.54) is 30.9 Å². The highest BCUT2D eigenvalue weighted by Crippen LogP contribution is 2.23. The van der Waals surface area contributed by atoms with E-state index in [1.807, 2.05) is 6.92 Å². The maximum Gasteiger partial charge on any atom is 0.331 e. The number of nitrogens with one attached hydrogen (secondary N) is 1. The van der Waals surface area contributed by atoms with Gasteiger partial charge in [0.25, 0.3) is 11.5 Å². The number of aromatic nitrogens is 2. The number of nitrogens with zero attached hydrogens (tertiary/aromatic N) is 2. The van der Waals surface area contributed by atoms with Crippen molar-refractivity contribution < 1.29 is 14.3 Å². The molecule has 0 radical (unpaired) electrons. The molecule has 0 bridgehead atoms. The van der Waals surface area contributed by atoms with Gasteiger partial charge in [0, 0.05) is 42.6 Å². The predicted octanol–water partition coefficient (Wildman–Crippen LogP) is 2.98. The topological polar surface area (TPSA) is 99.4 Å². The van der Waals surface area contributed by atoms with Crippen LogP contribution in [0.5, 0.6) is 0 Å². The molecule has 0 saturated heterocycles. The Kier molecular flexibility index (Phi) is 7.30. The van der Waals surface area contributed by atoms with Gasteiger partial charge in [-0.2, -0.15) is 0 Å². The molecule has 2 aromatic carbocycles. The average molecular weight is 468 g/mol. The first kappa shape index (κ1) is 23.7. The quantitative estimate of drug-likeness (QED) is 0.444. The molecular weight excluding hydrogens is 446 g/mol. The molecular formula is C24H22ClN3O5. The number of hydrogen-bond donors (Lipinski definition) is 1. The molecule has 8 nitrogen and oxygen atoms in total. The van der Waals surface area contributed by atoms with Crippen molar-refractivity contribution in [2.45, 2.75) is 13.0 Å². The van der Waals surface area contributed by atoms with E-state index < -0.39 is 29.2 Å². The molecule has 1 atom stereocenters. The molecule has 0 aliphatic heterocycles. The van der Waals surface area contributed by atoms with Gasteiger partial charge in [-0.3, -0.25) is 14.2 Å². The summed E-state index contributed by atoms with van der Waals surface area (Å²) >= 11 is 6.13. The van der Waals surface area contributed by atoms with Gasteiger partial charge < -0.3 is 14.6 Å². The number of carbonyl (C=O) groups is 2. The van der Waals surface area contributed by atoms with E-state index in [-0.39, 0.29) is 5.56 Å². The van der Waals surface area contributed by atoms with Gasteiger partial charge in [-0.05, 0) is 30.7 Å². The summed E-state index contributed by atoms with van der Waals surface area (Å²) in [6, 6.07) is 13.6. The van der Waals surface area contributed by atoms with Crippen LogP contribution in [-0.4, -0.2) is 21.0 Å². The van der Waals surface area contributed by atoms with Crippen LogP contribution in [0.15, 0.2) is 70.4 Å². The van der Waals surface area contributed by atoms with Gasteiger partial charge in [0.1, 0.15) is 0 Å². The molecule has 33 heavy (non-hydrogen) atoms. The minimum Gasteiger partial charge on any atom is -0.444 e. The molecule has 0 spiro atoms. The van der Waals surface area contributed by atoms with Crippen LogP contribution in [0.2, 0.25) is 5.02 Å². The fourth-order valence-electron chi connectivity index (χ4n) is 3.04. The Morgan fingerprint density at radius 1 is 1.09 bits per heavy atom. The first-order chi connectivity index (χ1) is 15.7. The van der Waals surface area contributed by atoms with Crippen molar-refractivity contribution in [2.75, 3.05) is 5.32 Å². The summed E-state index contributed by atoms with van der Waals surface area (Å²) in [4.78, 5) is 49.5. The third kappa shape index (κ3) is 5.67. The number of anilines is 1. The van der Waals surface area contributed by atoms with Gasteiger partial charge in [-0.25, -0.2) is 9.59 Å². The molecule has 0 saturated carbocycles. The summed E-state index contributed by atoms with van der Waals surface area (Å²) in [5.41, 5.74) is 0.847. The number of rotatable bonds is 6. The SMILES string of the molecule is Cc1ccc(NC(=O)C(OC(=O)/C=C/c2cn(C)c(=O)n(C)c2=O)c2ccccc2)cc1Cl. The number of amides is 1. The Morgan fingerprint density at radius 2 is 1.79 bits per heavy atom. The first-order valence-corrected chi connectivity index (χ1v) is 10.3. The Hall–Kier alpha value is -3.91. The lowest BCUT2D eigenvalue weighted by atomic mass is 10.1. The normalized spacial score (nSPS) is 11.9. The van der Waals surface area contributed by atoms with E-state index in [9.17, 15) is 19.2 Å². The van der Waals surface area contributed by atoms with Crippen LogP contribution in [0.3, 0.4) is 0 Å². The Labute approximate surface area is 194 Å². The van der Waals surface area contributed by atoms with Crippen LogP contribution >= 0.6 is 11.6 Å². The largest absolute Gasteiger partial charge is 0.444 e. The first-order valence-electron chi connectivity index (χ1n) is 9.94. The van der Waals surface area contributed by atoms with E-state index in [0.29, 0.717) is 16.3 Å². The zero-order valence-electron chi connectivity index (χ0n) is 18.2. The third-order valence-electron chi connectivity index (χ3n) is 4.89. The standard InChI is InChI=1S/C24H22ClN3O5/c1-15-9-11-18(13-19(15)25)26-22(30)21(16-7-5-4-6-8-16)33-20(29)12-10-17-14-27(2)24(32)28(3)23(17)31/h4-14,21H,1-3H3,(H,26,30)/b12-10+. The summed E-state index contributed by atoms with van der Waals surface area (Å²) in [5, 5.41) is 3.19. The number of aryl methyl sites for hydroxylation is 2. The molecule has 170 valence electrons. The minimum atomic E-state index is -1.24. The molecule has 9 heteroatoms. The molecule has 0 fully saturated rings. The van der Waals surface area contributed by atoms with Crippen LogP contribution in [0, 0.1) is 6.92 Å². The maximum atomic E-state index is 13.0. The highest BCUT2D eigenvalue weighted by atomic mass is 35.5. The van der Waals surface area contributed by atoms with Crippen molar-refractivity contribution in [1.82, 2.24) is 9.13 Å². The number of esters is 1. The number of hydrogen-bond acceptors (Lipinski definition) is 5. The summed E-state index contributed by atoms with van der Waals surface area (Å²) in [5.74, 6) is -1.40. The highest BCUT2D eigenvalue weighted by molar-refractivity contribution is 6.31. The van der Waals surface area contributed by atoms with E-state index >= 15 is 0 Å². The van der Waals surface area contributed by atoms with Crippen molar-refractivity contribution >= 4 is 35.2 Å². The molecule has 1 aromatic heterocycles. The second kappa shape index (κ2) is 10.1. The smallest absolute Gasteiger partial charge is 0.331 e. The summed E-state index contributed by atoms with van der Waals surface area (Å²) in [7, 11) is 2.83. The van der Waals surface area contributed by atoms with Crippen molar-refractivity contribution in [3.63, 3.8) is 0 Å². The molecule has 1 unspecified atom stereocenters. The van der Waals surface area contributed by atoms with Crippen LogP contribution in [0.1, 0.15) is 22.8 Å². The van der Waals surface area contributed by atoms with E-state index in [0.717, 1.165) is 16.2 Å². The molecule has 1 N–H and O–H groups in total. The summed E-state index contributed by atoms with van der Waals surface area (Å²) in [6.45, 7) is 1.84. The number of benzene rings is 2. The van der Waals surface area contributed by atoms with Crippen LogP contribution in [-0.2, 0) is 28.4 Å². The lowest BCUT2D eigenvalue weighted by Gasteiger charge is -2.17. The van der Waals surface area contributed by atoms with Crippen LogP contribution in [0.4, 0.5) is 5.69 Å². The lowest BCUT2D eigenvalue weighted by Crippen LogP contribution is -2.37. The zero-order chi connectivity index (χ0) is 24.1. The fraction of sp³-hybridized carbons (Fsp3) is 0.167. The molecule has 3 aromatic rings. The van der Waals surface area contributed by atoms with E-state index in [1.54, 1.807) is 48.5 Å². The highest BCUT2D eigenvalue weighted by Gasteiger charge is 2.24. The van der Waals surface area contributed by atoms with E-state index in [2.05, 4.69) is 5.32 Å².